The molecule has 1 saturated heterocycles. The molecular weight excluding hydrogens is 368 g/mol. The Hall–Kier alpha value is -2.83. The van der Waals surface area contributed by atoms with Gasteiger partial charge in [0.05, 0.1) is 23.1 Å². The second kappa shape index (κ2) is 7.21. The number of carbonyl (C=O) groups is 2. The Kier molecular flexibility index (Phi) is 4.84. The van der Waals surface area contributed by atoms with Crippen LogP contribution in [0.5, 0.6) is 0 Å². The lowest BCUT2D eigenvalue weighted by Crippen LogP contribution is -2.46. The van der Waals surface area contributed by atoms with E-state index in [1.54, 1.807) is 6.33 Å². The number of aromatic nitrogens is 2. The number of urea groups is 1. The summed E-state index contributed by atoms with van der Waals surface area (Å²) in [5, 5.41) is 0. The highest BCUT2D eigenvalue weighted by atomic mass is 16.6. The largest absolute Gasteiger partial charge is 0.455 e. The summed E-state index contributed by atoms with van der Waals surface area (Å²) in [5.74, 6) is -0.461. The molecule has 29 heavy (non-hydrogen) atoms. The molecule has 0 saturated carbocycles. The van der Waals surface area contributed by atoms with Crippen molar-refractivity contribution in [3.8, 4) is 5.69 Å². The van der Waals surface area contributed by atoms with Gasteiger partial charge in [0.15, 0.2) is 5.69 Å². The number of fused-ring (bicyclic) bond motifs is 3. The van der Waals surface area contributed by atoms with Crippen molar-refractivity contribution in [1.82, 2.24) is 14.5 Å². The molecule has 1 aromatic carbocycles. The molecule has 0 bridgehead atoms. The van der Waals surface area contributed by atoms with E-state index in [1.165, 1.54) is 0 Å². The van der Waals surface area contributed by atoms with Crippen LogP contribution >= 0.6 is 0 Å². The molecule has 154 valence electrons. The first-order valence-electron chi connectivity index (χ1n) is 10.3. The number of likely N-dealkylation sites (tertiary alicyclic amines) is 1. The number of para-hydroxylation sites is 2. The van der Waals surface area contributed by atoms with Crippen molar-refractivity contribution in [3.05, 3.63) is 42.0 Å². The minimum Gasteiger partial charge on any atom is -0.455 e. The van der Waals surface area contributed by atoms with E-state index in [-0.39, 0.29) is 17.8 Å². The first-order valence-corrected chi connectivity index (χ1v) is 10.3. The zero-order valence-electron chi connectivity index (χ0n) is 17.5. The van der Waals surface area contributed by atoms with Gasteiger partial charge in [-0.3, -0.25) is 9.47 Å². The maximum atomic E-state index is 13.5. The number of hydrogen-bond donors (Lipinski definition) is 0. The molecule has 1 unspecified atom stereocenters. The van der Waals surface area contributed by atoms with Gasteiger partial charge in [-0.25, -0.2) is 14.6 Å². The van der Waals surface area contributed by atoms with Crippen LogP contribution in [-0.4, -0.2) is 45.1 Å². The summed E-state index contributed by atoms with van der Waals surface area (Å²) >= 11 is 0. The number of esters is 1. The van der Waals surface area contributed by atoms with Gasteiger partial charge in [0.2, 0.25) is 0 Å². The second-order valence-corrected chi connectivity index (χ2v) is 8.61. The Morgan fingerprint density at radius 2 is 1.79 bits per heavy atom. The number of anilines is 1. The van der Waals surface area contributed by atoms with Crippen LogP contribution in [0.4, 0.5) is 10.5 Å². The summed E-state index contributed by atoms with van der Waals surface area (Å²) < 4.78 is 7.52. The molecule has 1 atom stereocenters. The number of carbonyl (C=O) groups excluding carboxylic acids is 2. The lowest BCUT2D eigenvalue weighted by Gasteiger charge is -2.39. The Morgan fingerprint density at radius 1 is 1.14 bits per heavy atom. The van der Waals surface area contributed by atoms with E-state index in [0.29, 0.717) is 12.1 Å². The predicted octanol–water partition coefficient (Wildman–Crippen LogP) is 4.31. The fraction of sp³-hybridized carbons (Fsp3) is 0.500. The van der Waals surface area contributed by atoms with Gasteiger partial charge in [-0.2, -0.15) is 0 Å². The maximum absolute atomic E-state index is 13.5. The minimum absolute atomic E-state index is 0.00983. The third-order valence-electron chi connectivity index (χ3n) is 5.39. The lowest BCUT2D eigenvalue weighted by molar-refractivity contribution is 0.00612. The Balaban J connectivity index is 1.83. The van der Waals surface area contributed by atoms with E-state index < -0.39 is 11.6 Å². The normalized spacial score (nSPS) is 18.4. The third-order valence-corrected chi connectivity index (χ3v) is 5.39. The molecule has 0 aliphatic carbocycles. The topological polar surface area (TPSA) is 67.7 Å². The number of amides is 2. The first-order chi connectivity index (χ1) is 13.8. The highest BCUT2D eigenvalue weighted by Crippen LogP contribution is 2.42. The highest BCUT2D eigenvalue weighted by molar-refractivity contribution is 5.98. The number of nitrogens with zero attached hydrogens (tertiary/aromatic N) is 4. The Bertz CT molecular complexity index is 938. The standard InChI is InChI=1S/C22H28N4O3/c1-5-15-19-18(20(27)29-22(2,3)4)23-14-25(19)16-10-6-7-11-17(16)26(15)21(28)24-12-8-9-13-24/h6-7,10-11,14-15H,5,8-9,12-13H2,1-4H3. The zero-order chi connectivity index (χ0) is 20.8. The fourth-order valence-electron chi connectivity index (χ4n) is 4.19. The van der Waals surface area contributed by atoms with E-state index in [4.69, 9.17) is 4.74 Å². The quantitative estimate of drug-likeness (QED) is 0.709. The number of rotatable bonds is 2. The van der Waals surface area contributed by atoms with E-state index in [1.807, 2.05) is 66.3 Å². The predicted molar refractivity (Wildman–Crippen MR) is 110 cm³/mol. The summed E-state index contributed by atoms with van der Waals surface area (Å²) in [5.41, 5.74) is 2.07. The summed E-state index contributed by atoms with van der Waals surface area (Å²) in [6, 6.07) is 7.48. The second-order valence-electron chi connectivity index (χ2n) is 8.61. The van der Waals surface area contributed by atoms with Gasteiger partial charge in [-0.1, -0.05) is 19.1 Å². The summed E-state index contributed by atoms with van der Waals surface area (Å²) in [4.78, 5) is 34.5. The van der Waals surface area contributed by atoms with Crippen molar-refractivity contribution in [3.63, 3.8) is 0 Å². The SMILES string of the molecule is CCC1c2c(C(=O)OC(C)(C)C)ncn2-c2ccccc2N1C(=O)N1CCCC1. The molecule has 1 aromatic heterocycles. The molecule has 3 heterocycles. The van der Waals surface area contributed by atoms with Gasteiger partial charge in [0.1, 0.15) is 11.9 Å². The average molecular weight is 396 g/mol. The third kappa shape index (κ3) is 3.39. The van der Waals surface area contributed by atoms with Gasteiger partial charge in [-0.15, -0.1) is 0 Å². The number of ether oxygens (including phenoxy) is 1. The fourth-order valence-corrected chi connectivity index (χ4v) is 4.19. The molecule has 2 aliphatic rings. The van der Waals surface area contributed by atoms with Gasteiger partial charge in [0, 0.05) is 13.1 Å². The molecular formula is C22H28N4O3. The van der Waals surface area contributed by atoms with Gasteiger partial charge in [-0.05, 0) is 52.2 Å². The van der Waals surface area contributed by atoms with Crippen LogP contribution in [0.25, 0.3) is 5.69 Å². The highest BCUT2D eigenvalue weighted by Gasteiger charge is 2.40. The van der Waals surface area contributed by atoms with Gasteiger partial charge < -0.3 is 9.64 Å². The Morgan fingerprint density at radius 3 is 2.41 bits per heavy atom. The van der Waals surface area contributed by atoms with Crippen LogP contribution in [-0.2, 0) is 4.74 Å². The van der Waals surface area contributed by atoms with Gasteiger partial charge in [0.25, 0.3) is 0 Å². The maximum Gasteiger partial charge on any atom is 0.359 e. The van der Waals surface area contributed by atoms with E-state index >= 15 is 0 Å². The van der Waals surface area contributed by atoms with Crippen LogP contribution in [0.1, 0.15) is 69.2 Å². The molecule has 0 N–H and O–H groups in total. The molecule has 0 spiro atoms. The smallest absolute Gasteiger partial charge is 0.359 e. The number of hydrogen-bond acceptors (Lipinski definition) is 4. The van der Waals surface area contributed by atoms with Gasteiger partial charge >= 0.3 is 12.0 Å². The van der Waals surface area contributed by atoms with Crippen LogP contribution in [0.3, 0.4) is 0 Å². The molecule has 4 rings (SSSR count). The average Bonchev–Trinajstić information content (AvgIpc) is 3.35. The molecule has 7 nitrogen and oxygen atoms in total. The first kappa shape index (κ1) is 19.5. The summed E-state index contributed by atoms with van der Waals surface area (Å²) in [6.07, 6.45) is 4.38. The van der Waals surface area contributed by atoms with E-state index in [2.05, 4.69) is 4.98 Å². The van der Waals surface area contributed by atoms with Crippen LogP contribution in [0, 0.1) is 0 Å². The molecule has 2 aromatic rings. The monoisotopic (exact) mass is 396 g/mol. The van der Waals surface area contributed by atoms with Crippen LogP contribution in [0.2, 0.25) is 0 Å². The van der Waals surface area contributed by atoms with Crippen molar-refractivity contribution in [2.45, 2.75) is 58.6 Å². The van der Waals surface area contributed by atoms with Crippen LogP contribution < -0.4 is 4.90 Å². The molecule has 2 aliphatic heterocycles. The summed E-state index contributed by atoms with van der Waals surface area (Å²) in [6.45, 7) is 9.08. The minimum atomic E-state index is -0.618. The molecule has 0 radical (unpaired) electrons. The number of imidazole rings is 1. The Labute approximate surface area is 171 Å². The number of benzene rings is 1. The zero-order valence-corrected chi connectivity index (χ0v) is 17.5. The molecule has 1 fully saturated rings. The lowest BCUT2D eigenvalue weighted by atomic mass is 10.0. The summed E-state index contributed by atoms with van der Waals surface area (Å²) in [7, 11) is 0. The van der Waals surface area contributed by atoms with E-state index in [0.717, 1.165) is 37.3 Å². The van der Waals surface area contributed by atoms with Crippen molar-refractivity contribution >= 4 is 17.7 Å². The van der Waals surface area contributed by atoms with E-state index in [9.17, 15) is 9.59 Å². The van der Waals surface area contributed by atoms with Crippen molar-refractivity contribution in [2.24, 2.45) is 0 Å². The van der Waals surface area contributed by atoms with Crippen LogP contribution in [0.15, 0.2) is 30.6 Å². The molecule has 7 heteroatoms. The van der Waals surface area contributed by atoms with Crippen molar-refractivity contribution in [2.75, 3.05) is 18.0 Å². The van der Waals surface area contributed by atoms with Crippen molar-refractivity contribution < 1.29 is 14.3 Å². The molecule has 2 amide bonds. The van der Waals surface area contributed by atoms with Crippen molar-refractivity contribution in [1.29, 1.82) is 0 Å².